The number of amides is 2. The number of aromatic nitrogens is 1. The molecule has 4 rings (SSSR count). The number of ether oxygens (including phenoxy) is 1. The SMILES string of the molecule is Cc1ccc(OCc2nc(C(=O)N3CCN(C(=O)c4cc(Cl)ccc4F)CC3)cs2)cc1. The molecule has 2 heterocycles. The third kappa shape index (κ3) is 5.08. The molecular formula is C23H21ClFN3O3S. The molecule has 0 spiro atoms. The van der Waals surface area contributed by atoms with Crippen LogP contribution in [-0.2, 0) is 6.61 Å². The molecule has 1 aliphatic heterocycles. The molecule has 0 N–H and O–H groups in total. The van der Waals surface area contributed by atoms with E-state index in [-0.39, 0.29) is 18.1 Å². The van der Waals surface area contributed by atoms with E-state index in [1.165, 1.54) is 34.4 Å². The fraction of sp³-hybridized carbons (Fsp3) is 0.261. The molecule has 0 atom stereocenters. The molecule has 32 heavy (non-hydrogen) atoms. The molecule has 1 aromatic heterocycles. The van der Waals surface area contributed by atoms with Crippen molar-refractivity contribution in [2.24, 2.45) is 0 Å². The quantitative estimate of drug-likeness (QED) is 0.550. The molecule has 0 unspecified atom stereocenters. The summed E-state index contributed by atoms with van der Waals surface area (Å²) in [7, 11) is 0. The molecular weight excluding hydrogens is 453 g/mol. The number of nitrogens with zero attached hydrogens (tertiary/aromatic N) is 3. The van der Waals surface area contributed by atoms with E-state index in [2.05, 4.69) is 4.98 Å². The molecule has 9 heteroatoms. The summed E-state index contributed by atoms with van der Waals surface area (Å²) in [6.45, 7) is 3.61. The van der Waals surface area contributed by atoms with Crippen LogP contribution in [0.5, 0.6) is 5.75 Å². The van der Waals surface area contributed by atoms with Crippen molar-refractivity contribution in [2.45, 2.75) is 13.5 Å². The molecule has 0 radical (unpaired) electrons. The Morgan fingerprint density at radius 1 is 1.06 bits per heavy atom. The molecule has 1 fully saturated rings. The van der Waals surface area contributed by atoms with Crippen LogP contribution in [0.4, 0.5) is 4.39 Å². The van der Waals surface area contributed by atoms with E-state index < -0.39 is 11.7 Å². The second-order valence-corrected chi connectivity index (χ2v) is 8.82. The summed E-state index contributed by atoms with van der Waals surface area (Å²) in [4.78, 5) is 33.0. The fourth-order valence-corrected chi connectivity index (χ4v) is 4.21. The number of hydrogen-bond acceptors (Lipinski definition) is 5. The molecule has 6 nitrogen and oxygen atoms in total. The number of piperazine rings is 1. The summed E-state index contributed by atoms with van der Waals surface area (Å²) in [5.41, 5.74) is 1.45. The summed E-state index contributed by atoms with van der Waals surface area (Å²) in [6.07, 6.45) is 0. The molecule has 0 aliphatic carbocycles. The first kappa shape index (κ1) is 22.2. The minimum atomic E-state index is -0.610. The minimum absolute atomic E-state index is 0.0602. The highest BCUT2D eigenvalue weighted by Gasteiger charge is 2.28. The lowest BCUT2D eigenvalue weighted by molar-refractivity contribution is 0.0530. The lowest BCUT2D eigenvalue weighted by atomic mass is 10.1. The maximum Gasteiger partial charge on any atom is 0.273 e. The van der Waals surface area contributed by atoms with Crippen LogP contribution in [0.3, 0.4) is 0 Å². The van der Waals surface area contributed by atoms with Crippen LogP contribution < -0.4 is 4.74 Å². The van der Waals surface area contributed by atoms with Gasteiger partial charge in [0.1, 0.15) is 28.9 Å². The van der Waals surface area contributed by atoms with Gasteiger partial charge in [0.2, 0.25) is 0 Å². The van der Waals surface area contributed by atoms with Crippen molar-refractivity contribution < 1.29 is 18.7 Å². The van der Waals surface area contributed by atoms with E-state index in [0.29, 0.717) is 41.9 Å². The average Bonchev–Trinajstić information content (AvgIpc) is 3.28. The van der Waals surface area contributed by atoms with Gasteiger partial charge in [-0.25, -0.2) is 9.37 Å². The van der Waals surface area contributed by atoms with Gasteiger partial charge in [-0.3, -0.25) is 9.59 Å². The summed E-state index contributed by atoms with van der Waals surface area (Å²) >= 11 is 7.26. The smallest absolute Gasteiger partial charge is 0.273 e. The first-order valence-corrected chi connectivity index (χ1v) is 11.3. The number of rotatable bonds is 5. The lowest BCUT2D eigenvalue weighted by Gasteiger charge is -2.34. The van der Waals surface area contributed by atoms with Crippen LogP contribution >= 0.6 is 22.9 Å². The zero-order valence-corrected chi connectivity index (χ0v) is 19.0. The lowest BCUT2D eigenvalue weighted by Crippen LogP contribution is -2.50. The standard InChI is InChI=1S/C23H21ClFN3O3S/c1-15-2-5-17(6-3-15)31-13-21-26-20(14-32-21)23(30)28-10-8-27(9-11-28)22(29)18-12-16(24)4-7-19(18)25/h2-7,12,14H,8-11,13H2,1H3. The van der Waals surface area contributed by atoms with Gasteiger partial charge in [-0.05, 0) is 37.3 Å². The van der Waals surface area contributed by atoms with Crippen LogP contribution in [0.25, 0.3) is 0 Å². The number of thiazole rings is 1. The van der Waals surface area contributed by atoms with Gasteiger partial charge in [-0.15, -0.1) is 11.3 Å². The highest BCUT2D eigenvalue weighted by Crippen LogP contribution is 2.20. The number of hydrogen-bond donors (Lipinski definition) is 0. The Balaban J connectivity index is 1.32. The molecule has 3 aromatic rings. The topological polar surface area (TPSA) is 62.7 Å². The highest BCUT2D eigenvalue weighted by atomic mass is 35.5. The molecule has 2 aromatic carbocycles. The van der Waals surface area contributed by atoms with Crippen molar-refractivity contribution >= 4 is 34.8 Å². The van der Waals surface area contributed by atoms with Crippen LogP contribution in [0.2, 0.25) is 5.02 Å². The zero-order valence-electron chi connectivity index (χ0n) is 17.4. The second kappa shape index (κ2) is 9.67. The first-order valence-electron chi connectivity index (χ1n) is 10.1. The van der Waals surface area contributed by atoms with Crippen LogP contribution in [0.1, 0.15) is 31.4 Å². The van der Waals surface area contributed by atoms with E-state index in [9.17, 15) is 14.0 Å². The Bertz CT molecular complexity index is 1130. The van der Waals surface area contributed by atoms with Crippen LogP contribution in [-0.4, -0.2) is 52.8 Å². The Hall–Kier alpha value is -2.97. The second-order valence-electron chi connectivity index (χ2n) is 7.44. The Morgan fingerprint density at radius 3 is 2.41 bits per heavy atom. The highest BCUT2D eigenvalue weighted by molar-refractivity contribution is 7.09. The third-order valence-electron chi connectivity index (χ3n) is 5.17. The van der Waals surface area contributed by atoms with Gasteiger partial charge in [0.25, 0.3) is 11.8 Å². The molecule has 1 saturated heterocycles. The summed E-state index contributed by atoms with van der Waals surface area (Å²) in [6, 6.07) is 11.6. The Kier molecular flexibility index (Phi) is 6.72. The number of benzene rings is 2. The summed E-state index contributed by atoms with van der Waals surface area (Å²) in [5.74, 6) is -0.485. The maximum absolute atomic E-state index is 14.0. The monoisotopic (exact) mass is 473 g/mol. The van der Waals surface area contributed by atoms with Crippen molar-refractivity contribution in [1.29, 1.82) is 0 Å². The van der Waals surface area contributed by atoms with Crippen molar-refractivity contribution in [3.8, 4) is 5.75 Å². The predicted molar refractivity (Wildman–Crippen MR) is 121 cm³/mol. The maximum atomic E-state index is 14.0. The largest absolute Gasteiger partial charge is 0.486 e. The first-order chi connectivity index (χ1) is 15.4. The fourth-order valence-electron chi connectivity index (χ4n) is 3.36. The molecule has 166 valence electrons. The summed E-state index contributed by atoms with van der Waals surface area (Å²) in [5, 5.41) is 2.73. The van der Waals surface area contributed by atoms with Gasteiger partial charge in [-0.1, -0.05) is 29.3 Å². The third-order valence-corrected chi connectivity index (χ3v) is 6.22. The van der Waals surface area contributed by atoms with Gasteiger partial charge in [0.05, 0.1) is 5.56 Å². The van der Waals surface area contributed by atoms with E-state index in [1.54, 1.807) is 10.3 Å². The average molecular weight is 474 g/mol. The van der Waals surface area contributed by atoms with Crippen molar-refractivity contribution in [3.05, 3.63) is 80.5 Å². The Morgan fingerprint density at radius 2 is 1.72 bits per heavy atom. The van der Waals surface area contributed by atoms with Gasteiger partial charge >= 0.3 is 0 Å². The van der Waals surface area contributed by atoms with E-state index in [0.717, 1.165) is 11.3 Å². The predicted octanol–water partition coefficient (Wildman–Crippen LogP) is 4.42. The van der Waals surface area contributed by atoms with E-state index >= 15 is 0 Å². The number of carbonyl (C=O) groups is 2. The van der Waals surface area contributed by atoms with Gasteiger partial charge in [0, 0.05) is 36.6 Å². The molecule has 2 amide bonds. The molecule has 0 bridgehead atoms. The number of aryl methyl sites for hydroxylation is 1. The number of halogens is 2. The van der Waals surface area contributed by atoms with Crippen LogP contribution in [0.15, 0.2) is 47.8 Å². The van der Waals surface area contributed by atoms with Gasteiger partial charge in [0.15, 0.2) is 0 Å². The minimum Gasteiger partial charge on any atom is -0.486 e. The molecule has 0 saturated carbocycles. The zero-order chi connectivity index (χ0) is 22.7. The number of carbonyl (C=O) groups excluding carboxylic acids is 2. The normalized spacial score (nSPS) is 13.8. The molecule has 1 aliphatic rings. The van der Waals surface area contributed by atoms with Crippen molar-refractivity contribution in [2.75, 3.05) is 26.2 Å². The Labute approximate surface area is 194 Å². The van der Waals surface area contributed by atoms with E-state index in [4.69, 9.17) is 16.3 Å². The van der Waals surface area contributed by atoms with Gasteiger partial charge in [-0.2, -0.15) is 0 Å². The van der Waals surface area contributed by atoms with Crippen LogP contribution in [0, 0.1) is 12.7 Å². The summed E-state index contributed by atoms with van der Waals surface area (Å²) < 4.78 is 19.7. The van der Waals surface area contributed by atoms with Gasteiger partial charge < -0.3 is 14.5 Å². The van der Waals surface area contributed by atoms with Crippen molar-refractivity contribution in [1.82, 2.24) is 14.8 Å². The van der Waals surface area contributed by atoms with E-state index in [1.807, 2.05) is 31.2 Å². The van der Waals surface area contributed by atoms with Crippen molar-refractivity contribution in [3.63, 3.8) is 0 Å².